The van der Waals surface area contributed by atoms with Gasteiger partial charge in [0, 0.05) is 5.92 Å². The van der Waals surface area contributed by atoms with Crippen molar-refractivity contribution in [3.8, 4) is 0 Å². The summed E-state index contributed by atoms with van der Waals surface area (Å²) in [5.41, 5.74) is 1.10. The van der Waals surface area contributed by atoms with Crippen LogP contribution < -0.4 is 0 Å². The maximum atomic E-state index is 12.6. The van der Waals surface area contributed by atoms with Crippen LogP contribution in [-0.2, 0) is 4.79 Å². The Morgan fingerprint density at radius 3 is 2.47 bits per heavy atom. The van der Waals surface area contributed by atoms with Gasteiger partial charge in [-0.05, 0) is 42.1 Å². The van der Waals surface area contributed by atoms with Gasteiger partial charge in [0.2, 0.25) is 0 Å². The zero-order valence-electron chi connectivity index (χ0n) is 11.7. The second kappa shape index (κ2) is 4.12. The Morgan fingerprint density at radius 1 is 1.35 bits per heavy atom. The quantitative estimate of drug-likeness (QED) is 0.531. The molecule has 2 bridgehead atoms. The summed E-state index contributed by atoms with van der Waals surface area (Å²) in [6.45, 7) is 10.7. The maximum absolute atomic E-state index is 12.6. The first-order chi connectivity index (χ1) is 7.84. The van der Waals surface area contributed by atoms with E-state index < -0.39 is 0 Å². The number of fused-ring (bicyclic) bond motifs is 2. The highest BCUT2D eigenvalue weighted by Crippen LogP contribution is 2.56. The molecule has 0 heterocycles. The summed E-state index contributed by atoms with van der Waals surface area (Å²) in [7, 11) is 0. The Bertz CT molecular complexity index is 384. The lowest BCUT2D eigenvalue weighted by molar-refractivity contribution is -0.123. The average Bonchev–Trinajstić information content (AvgIpc) is 2.73. The monoisotopic (exact) mass is 232 g/mol. The second-order valence-corrected chi connectivity index (χ2v) is 6.65. The van der Waals surface area contributed by atoms with Crippen LogP contribution in [0.5, 0.6) is 0 Å². The van der Waals surface area contributed by atoms with Crippen LogP contribution in [-0.4, -0.2) is 5.78 Å². The standard InChI is InChI=1S/C16H24O/c1-10(2)8-11(3)15(17)14-12-6-7-13(9-12)16(14,4)5/h6-8,10,12-14H,9H2,1-5H3. The van der Waals surface area contributed by atoms with Crippen LogP contribution in [0.3, 0.4) is 0 Å². The van der Waals surface area contributed by atoms with Gasteiger partial charge in [-0.1, -0.05) is 45.9 Å². The largest absolute Gasteiger partial charge is 0.294 e. The van der Waals surface area contributed by atoms with Gasteiger partial charge in [0.1, 0.15) is 0 Å². The molecule has 17 heavy (non-hydrogen) atoms. The fourth-order valence-electron chi connectivity index (χ4n) is 3.67. The predicted octanol–water partition coefficient (Wildman–Crippen LogP) is 4.01. The van der Waals surface area contributed by atoms with Crippen LogP contribution in [0, 0.1) is 29.1 Å². The summed E-state index contributed by atoms with van der Waals surface area (Å²) in [5, 5.41) is 0. The summed E-state index contributed by atoms with van der Waals surface area (Å²) in [6, 6.07) is 0. The molecule has 0 radical (unpaired) electrons. The highest BCUT2D eigenvalue weighted by atomic mass is 16.1. The fraction of sp³-hybridized carbons (Fsp3) is 0.688. The van der Waals surface area contributed by atoms with Gasteiger partial charge in [-0.2, -0.15) is 0 Å². The second-order valence-electron chi connectivity index (χ2n) is 6.65. The van der Waals surface area contributed by atoms with Gasteiger partial charge in [0.05, 0.1) is 0 Å². The summed E-state index contributed by atoms with van der Waals surface area (Å²) in [4.78, 5) is 12.6. The van der Waals surface area contributed by atoms with Gasteiger partial charge >= 0.3 is 0 Å². The van der Waals surface area contributed by atoms with E-state index in [0.29, 0.717) is 23.5 Å². The molecule has 3 atom stereocenters. The molecule has 94 valence electrons. The van der Waals surface area contributed by atoms with Crippen molar-refractivity contribution in [2.45, 2.75) is 41.0 Å². The molecular weight excluding hydrogens is 208 g/mol. The van der Waals surface area contributed by atoms with E-state index in [9.17, 15) is 4.79 Å². The van der Waals surface area contributed by atoms with Crippen molar-refractivity contribution in [3.05, 3.63) is 23.8 Å². The molecule has 0 aromatic rings. The van der Waals surface area contributed by atoms with Crippen LogP contribution in [0.25, 0.3) is 0 Å². The number of allylic oxidation sites excluding steroid dienone is 4. The van der Waals surface area contributed by atoms with E-state index in [1.807, 2.05) is 6.92 Å². The molecule has 2 aliphatic carbocycles. The normalized spacial score (nSPS) is 34.7. The lowest BCUT2D eigenvalue weighted by Gasteiger charge is -2.34. The van der Waals surface area contributed by atoms with Gasteiger partial charge in [-0.25, -0.2) is 0 Å². The van der Waals surface area contributed by atoms with E-state index in [0.717, 1.165) is 5.57 Å². The summed E-state index contributed by atoms with van der Waals surface area (Å²) >= 11 is 0. The molecule has 2 aliphatic rings. The van der Waals surface area contributed by atoms with Gasteiger partial charge in [-0.3, -0.25) is 4.79 Å². The Labute approximate surface area is 105 Å². The lowest BCUT2D eigenvalue weighted by atomic mass is 9.68. The van der Waals surface area contributed by atoms with Crippen molar-refractivity contribution in [3.63, 3.8) is 0 Å². The smallest absolute Gasteiger partial charge is 0.162 e. The number of hydrogen-bond donors (Lipinski definition) is 0. The van der Waals surface area contributed by atoms with Crippen molar-refractivity contribution in [1.29, 1.82) is 0 Å². The Balaban J connectivity index is 2.24. The Hall–Kier alpha value is -0.850. The molecule has 0 spiro atoms. The molecule has 2 rings (SSSR count). The summed E-state index contributed by atoms with van der Waals surface area (Å²) in [6.07, 6.45) is 7.86. The molecule has 1 saturated carbocycles. The molecule has 0 saturated heterocycles. The zero-order valence-corrected chi connectivity index (χ0v) is 11.7. The minimum absolute atomic E-state index is 0.141. The van der Waals surface area contributed by atoms with Crippen molar-refractivity contribution in [2.75, 3.05) is 0 Å². The molecule has 1 fully saturated rings. The minimum atomic E-state index is 0.141. The first-order valence-electron chi connectivity index (χ1n) is 6.75. The van der Waals surface area contributed by atoms with Crippen molar-refractivity contribution < 1.29 is 4.79 Å². The van der Waals surface area contributed by atoms with Crippen LogP contribution in [0.1, 0.15) is 41.0 Å². The van der Waals surface area contributed by atoms with Gasteiger partial charge in [0.25, 0.3) is 0 Å². The molecular formula is C16H24O. The van der Waals surface area contributed by atoms with Crippen LogP contribution in [0.15, 0.2) is 23.8 Å². The van der Waals surface area contributed by atoms with E-state index in [4.69, 9.17) is 0 Å². The van der Waals surface area contributed by atoms with Crippen molar-refractivity contribution in [2.24, 2.45) is 29.1 Å². The van der Waals surface area contributed by atoms with Crippen molar-refractivity contribution >= 4 is 5.78 Å². The number of hydrogen-bond acceptors (Lipinski definition) is 1. The molecule has 0 aliphatic heterocycles. The first-order valence-corrected chi connectivity index (χ1v) is 6.75. The first kappa shape index (κ1) is 12.6. The van der Waals surface area contributed by atoms with Crippen molar-refractivity contribution in [1.82, 2.24) is 0 Å². The molecule has 0 aromatic carbocycles. The molecule has 3 unspecified atom stereocenters. The topological polar surface area (TPSA) is 17.1 Å². The third kappa shape index (κ3) is 2.00. The van der Waals surface area contributed by atoms with E-state index >= 15 is 0 Å². The lowest BCUT2D eigenvalue weighted by Crippen LogP contribution is -2.35. The number of carbonyl (C=O) groups is 1. The van der Waals surface area contributed by atoms with E-state index in [1.54, 1.807) is 0 Å². The average molecular weight is 232 g/mol. The van der Waals surface area contributed by atoms with Gasteiger partial charge in [-0.15, -0.1) is 0 Å². The van der Waals surface area contributed by atoms with Gasteiger partial charge < -0.3 is 0 Å². The third-order valence-electron chi connectivity index (χ3n) is 4.56. The molecule has 1 nitrogen and oxygen atoms in total. The minimum Gasteiger partial charge on any atom is -0.294 e. The van der Waals surface area contributed by atoms with Crippen LogP contribution in [0.4, 0.5) is 0 Å². The highest BCUT2D eigenvalue weighted by molar-refractivity contribution is 5.98. The number of carbonyl (C=O) groups excluding carboxylic acids is 1. The predicted molar refractivity (Wildman–Crippen MR) is 71.6 cm³/mol. The third-order valence-corrected chi connectivity index (χ3v) is 4.56. The SMILES string of the molecule is CC(=CC(C)C)C(=O)C1C2C=CC(C2)C1(C)C. The molecule has 0 aromatic heterocycles. The molecule has 1 heteroatoms. The Morgan fingerprint density at radius 2 is 2.00 bits per heavy atom. The van der Waals surface area contributed by atoms with E-state index in [-0.39, 0.29) is 11.3 Å². The maximum Gasteiger partial charge on any atom is 0.162 e. The van der Waals surface area contributed by atoms with Crippen LogP contribution >= 0.6 is 0 Å². The number of rotatable bonds is 3. The van der Waals surface area contributed by atoms with Crippen LogP contribution in [0.2, 0.25) is 0 Å². The number of Topliss-reactive ketones (excluding diaryl/α,β-unsaturated/α-hetero) is 1. The Kier molecular flexibility index (Phi) is 3.05. The molecule has 0 amide bonds. The van der Waals surface area contributed by atoms with Gasteiger partial charge in [0.15, 0.2) is 5.78 Å². The zero-order chi connectivity index (χ0) is 12.8. The summed E-state index contributed by atoms with van der Waals surface area (Å²) in [5.74, 6) is 2.12. The highest BCUT2D eigenvalue weighted by Gasteiger charge is 2.53. The number of ketones is 1. The van der Waals surface area contributed by atoms with E-state index in [2.05, 4.69) is 45.9 Å². The summed E-state index contributed by atoms with van der Waals surface area (Å²) < 4.78 is 0. The van der Waals surface area contributed by atoms with E-state index in [1.165, 1.54) is 6.42 Å². The molecule has 0 N–H and O–H groups in total. The fourth-order valence-corrected chi connectivity index (χ4v) is 3.67.